The van der Waals surface area contributed by atoms with Crippen LogP contribution in [0.25, 0.3) is 0 Å². The Bertz CT molecular complexity index is 1140. The predicted octanol–water partition coefficient (Wildman–Crippen LogP) is -0.437. The second-order valence-electron chi connectivity index (χ2n) is 6.18. The van der Waals surface area contributed by atoms with Gasteiger partial charge in [-0.2, -0.15) is 26.1 Å². The lowest BCUT2D eigenvalue weighted by molar-refractivity contribution is -0.140. The third-order valence-electron chi connectivity index (χ3n) is 3.89. The van der Waals surface area contributed by atoms with E-state index in [1.165, 1.54) is 4.98 Å². The van der Waals surface area contributed by atoms with Gasteiger partial charge in [0, 0.05) is 6.20 Å². The molecule has 2 saturated heterocycles. The smallest absolute Gasteiger partial charge is 0.387 e. The molecule has 5 N–H and O–H groups in total. The number of aliphatic hydroxyl groups is 2. The van der Waals surface area contributed by atoms with Gasteiger partial charge in [0.25, 0.3) is 5.56 Å². The van der Waals surface area contributed by atoms with E-state index < -0.39 is 77.6 Å². The number of hydrogen-bond acceptors (Lipinski definition) is 12. The van der Waals surface area contributed by atoms with E-state index >= 15 is 0 Å². The van der Waals surface area contributed by atoms with Gasteiger partial charge in [-0.3, -0.25) is 18.9 Å². The van der Waals surface area contributed by atoms with Crippen LogP contribution in [0, 0.1) is 0 Å². The molecule has 0 bridgehead atoms. The lowest BCUT2D eigenvalue weighted by Crippen LogP contribution is -2.40. The molecular formula is C10H12F3N2O14P3. The normalized spacial score (nSPS) is 40.5. The Hall–Kier alpha value is -1.20. The molecule has 2 aliphatic rings. The largest absolute Gasteiger partial charge is 0.492 e. The molecule has 3 heterocycles. The predicted molar refractivity (Wildman–Crippen MR) is 88.7 cm³/mol. The molecule has 2 aliphatic heterocycles. The van der Waals surface area contributed by atoms with Crippen LogP contribution in [0.4, 0.5) is 13.2 Å². The minimum Gasteiger partial charge on any atom is -0.387 e. The number of rotatable bonds is 4. The van der Waals surface area contributed by atoms with Gasteiger partial charge in [-0.1, -0.05) is 0 Å². The second-order valence-corrected chi connectivity index (χ2v) is 11.2. The molecule has 2 unspecified atom stereocenters. The number of phosphoric acid groups is 3. The summed E-state index contributed by atoms with van der Waals surface area (Å²) in [5, 5.41) is 20.1. The van der Waals surface area contributed by atoms with Crippen molar-refractivity contribution in [2.24, 2.45) is 0 Å². The molecule has 16 nitrogen and oxygen atoms in total. The summed E-state index contributed by atoms with van der Waals surface area (Å²) >= 11 is 0. The van der Waals surface area contributed by atoms with E-state index in [4.69, 9.17) is 14.5 Å². The summed E-state index contributed by atoms with van der Waals surface area (Å²) in [4.78, 5) is 42.9. The highest BCUT2D eigenvalue weighted by Crippen LogP contribution is 2.80. The number of alkyl halides is 3. The molecule has 6 atom stereocenters. The average molecular weight is 534 g/mol. The molecule has 22 heteroatoms. The first kappa shape index (κ1) is 25.4. The Morgan fingerprint density at radius 1 is 1.06 bits per heavy atom. The zero-order valence-corrected chi connectivity index (χ0v) is 17.6. The number of aliphatic hydroxyl groups excluding tert-OH is 2. The topological polar surface area (TPSA) is 233 Å². The number of hydrogen-bond donors (Lipinski definition) is 5. The highest BCUT2D eigenvalue weighted by Gasteiger charge is 2.55. The van der Waals surface area contributed by atoms with Gasteiger partial charge < -0.3 is 24.7 Å². The first-order valence-corrected chi connectivity index (χ1v) is 12.4. The van der Waals surface area contributed by atoms with Crippen molar-refractivity contribution >= 4 is 23.5 Å². The van der Waals surface area contributed by atoms with Crippen LogP contribution in [-0.4, -0.2) is 54.5 Å². The van der Waals surface area contributed by atoms with Crippen molar-refractivity contribution in [1.82, 2.24) is 9.55 Å². The number of aromatic amines is 1. The molecule has 0 aliphatic carbocycles. The van der Waals surface area contributed by atoms with Crippen LogP contribution in [0.5, 0.6) is 0 Å². The fraction of sp³-hybridized carbons (Fsp3) is 0.600. The molecule has 0 radical (unpaired) electrons. The maximum absolute atomic E-state index is 12.9. The Morgan fingerprint density at radius 2 is 1.62 bits per heavy atom. The van der Waals surface area contributed by atoms with Crippen molar-refractivity contribution in [3.05, 3.63) is 32.6 Å². The van der Waals surface area contributed by atoms with Crippen molar-refractivity contribution in [2.45, 2.75) is 30.7 Å². The standard InChI is InChI=1S/C10H12F3N2O14P3/c11-10(12,13)3-1-15(9(19)14-7(3)18)8-6(17)5(16)4(26-8)2-25-32(24)28-30(20,21)27-31(22,23)29-32/h1,4-6,8,16-17H,2H2,(H,20,21)(H,22,23)(H,14,18,19)/t4-,5+,6+,8-/m1/s1. The maximum Gasteiger partial charge on any atom is 0.492 e. The highest BCUT2D eigenvalue weighted by molar-refractivity contribution is 7.74. The van der Waals surface area contributed by atoms with Crippen LogP contribution >= 0.6 is 23.5 Å². The molecule has 182 valence electrons. The minimum atomic E-state index is -5.38. The van der Waals surface area contributed by atoms with Crippen LogP contribution in [-0.2, 0) is 42.1 Å². The average Bonchev–Trinajstić information content (AvgIpc) is 2.84. The third-order valence-corrected chi connectivity index (χ3v) is 9.26. The molecule has 1 aromatic heterocycles. The fourth-order valence-corrected chi connectivity index (χ4v) is 7.55. The van der Waals surface area contributed by atoms with Gasteiger partial charge in [-0.05, 0) is 0 Å². The van der Waals surface area contributed by atoms with Crippen LogP contribution in [0.15, 0.2) is 15.8 Å². The van der Waals surface area contributed by atoms with Crippen LogP contribution in [0.2, 0.25) is 0 Å². The molecule has 0 saturated carbocycles. The quantitative estimate of drug-likeness (QED) is 0.308. The van der Waals surface area contributed by atoms with E-state index in [1.807, 2.05) is 0 Å². The molecular weight excluding hydrogens is 522 g/mol. The fourth-order valence-electron chi connectivity index (χ4n) is 2.61. The summed E-state index contributed by atoms with van der Waals surface area (Å²) in [6, 6.07) is 0. The summed E-state index contributed by atoms with van der Waals surface area (Å²) in [7, 11) is -16.0. The van der Waals surface area contributed by atoms with Crippen molar-refractivity contribution in [3.63, 3.8) is 0 Å². The SMILES string of the molecule is O=c1[nH]c(=O)n([C@@H]2O[C@H](COP3(=O)OP(=O)(O)OP(=O)(O)O3)[C@H](O)[C@@H]2O)cc1C(F)(F)F. The Balaban J connectivity index is 1.82. The second kappa shape index (κ2) is 8.23. The first-order chi connectivity index (χ1) is 14.4. The molecule has 1 aromatic rings. The van der Waals surface area contributed by atoms with E-state index in [9.17, 15) is 46.7 Å². The summed E-state index contributed by atoms with van der Waals surface area (Å²) < 4.78 is 94.9. The molecule has 2 fully saturated rings. The zero-order chi connectivity index (χ0) is 24.3. The zero-order valence-electron chi connectivity index (χ0n) is 14.9. The van der Waals surface area contributed by atoms with Gasteiger partial charge in [-0.25, -0.2) is 18.5 Å². The van der Waals surface area contributed by atoms with Crippen molar-refractivity contribution in [2.75, 3.05) is 6.61 Å². The number of aromatic nitrogens is 2. The molecule has 0 aromatic carbocycles. The van der Waals surface area contributed by atoms with Crippen molar-refractivity contribution < 1.29 is 69.1 Å². The Kier molecular flexibility index (Phi) is 6.54. The minimum absolute atomic E-state index is 0.0296. The monoisotopic (exact) mass is 534 g/mol. The lowest BCUT2D eigenvalue weighted by Gasteiger charge is -2.27. The number of halogens is 3. The van der Waals surface area contributed by atoms with E-state index in [0.717, 1.165) is 0 Å². The van der Waals surface area contributed by atoms with Gasteiger partial charge in [0.2, 0.25) is 0 Å². The van der Waals surface area contributed by atoms with E-state index in [1.54, 1.807) is 0 Å². The van der Waals surface area contributed by atoms with Gasteiger partial charge in [-0.15, -0.1) is 0 Å². The molecule has 3 rings (SSSR count). The Morgan fingerprint density at radius 3 is 2.16 bits per heavy atom. The van der Waals surface area contributed by atoms with Crippen molar-refractivity contribution in [3.8, 4) is 0 Å². The van der Waals surface area contributed by atoms with Crippen molar-refractivity contribution in [1.29, 1.82) is 0 Å². The van der Waals surface area contributed by atoms with Gasteiger partial charge >= 0.3 is 35.3 Å². The van der Waals surface area contributed by atoms with E-state index in [-0.39, 0.29) is 10.8 Å². The van der Waals surface area contributed by atoms with Gasteiger partial charge in [0.05, 0.1) is 6.61 Å². The van der Waals surface area contributed by atoms with E-state index in [0.29, 0.717) is 0 Å². The van der Waals surface area contributed by atoms with Gasteiger partial charge in [0.1, 0.15) is 23.9 Å². The Labute approximate surface area is 172 Å². The maximum atomic E-state index is 12.9. The van der Waals surface area contributed by atoms with Gasteiger partial charge in [0.15, 0.2) is 6.23 Å². The van der Waals surface area contributed by atoms with Crippen LogP contribution < -0.4 is 11.2 Å². The van der Waals surface area contributed by atoms with Crippen LogP contribution in [0.1, 0.15) is 11.8 Å². The first-order valence-electron chi connectivity index (χ1n) is 7.91. The number of nitrogens with one attached hydrogen (secondary N) is 1. The lowest BCUT2D eigenvalue weighted by atomic mass is 10.1. The van der Waals surface area contributed by atoms with Crippen LogP contribution in [0.3, 0.4) is 0 Å². The molecule has 0 spiro atoms. The molecule has 0 amide bonds. The number of ether oxygens (including phenoxy) is 1. The number of H-pyrrole nitrogens is 1. The summed E-state index contributed by atoms with van der Waals surface area (Å²) in [6.45, 7) is -1.16. The third kappa shape index (κ3) is 5.30. The number of nitrogens with zero attached hydrogens (tertiary/aromatic N) is 1. The molecule has 32 heavy (non-hydrogen) atoms. The van der Waals surface area contributed by atoms with E-state index in [2.05, 4.69) is 17.5 Å². The highest BCUT2D eigenvalue weighted by atomic mass is 31.3. The summed E-state index contributed by atoms with van der Waals surface area (Å²) in [5.41, 5.74) is -5.06. The summed E-state index contributed by atoms with van der Waals surface area (Å²) in [6.07, 6.45) is -13.1. The summed E-state index contributed by atoms with van der Waals surface area (Å²) in [5.74, 6) is 0.